The molecule has 0 aliphatic carbocycles. The molecule has 19 heavy (non-hydrogen) atoms. The summed E-state index contributed by atoms with van der Waals surface area (Å²) in [4.78, 5) is 12.8. The normalized spacial score (nSPS) is 10.8. The lowest BCUT2D eigenvalue weighted by atomic mass is 10.2. The quantitative estimate of drug-likeness (QED) is 0.630. The maximum atomic E-state index is 13.3. The highest BCUT2D eigenvalue weighted by Gasteiger charge is 2.19. The monoisotopic (exact) mass is 303 g/mol. The van der Waals surface area contributed by atoms with E-state index in [4.69, 9.17) is 17.1 Å². The van der Waals surface area contributed by atoms with Gasteiger partial charge in [-0.1, -0.05) is 5.92 Å². The molecule has 0 saturated carbocycles. The predicted molar refractivity (Wildman–Crippen MR) is 69.8 cm³/mol. The second-order valence-corrected chi connectivity index (χ2v) is 6.20. The molecule has 0 radical (unpaired) electrons. The van der Waals surface area contributed by atoms with E-state index in [1.165, 1.54) is 4.90 Å². The van der Waals surface area contributed by atoms with Crippen molar-refractivity contribution in [1.82, 2.24) is 4.90 Å². The van der Waals surface area contributed by atoms with Crippen molar-refractivity contribution in [2.24, 2.45) is 0 Å². The number of terminal acetylenes is 1. The molecule has 0 aliphatic heterocycles. The second kappa shape index (κ2) is 6.04. The Kier molecular flexibility index (Phi) is 4.92. The molecule has 102 valence electrons. The molecule has 0 fully saturated rings. The number of hydrogen-bond acceptors (Lipinski definition) is 3. The van der Waals surface area contributed by atoms with Gasteiger partial charge in [0.25, 0.3) is 15.0 Å². The summed E-state index contributed by atoms with van der Waals surface area (Å²) >= 11 is 0. The van der Waals surface area contributed by atoms with E-state index < -0.39 is 25.7 Å². The van der Waals surface area contributed by atoms with E-state index in [1.807, 2.05) is 0 Å². The van der Waals surface area contributed by atoms with Gasteiger partial charge >= 0.3 is 0 Å². The molecule has 0 heterocycles. The maximum Gasteiger partial charge on any atom is 0.261 e. The molecular formula is C12H11ClFNO3S. The number of nitrogens with zero attached hydrogens (tertiary/aromatic N) is 1. The van der Waals surface area contributed by atoms with Gasteiger partial charge in [-0.2, -0.15) is 0 Å². The molecule has 4 nitrogen and oxygen atoms in total. The fraction of sp³-hybridized carbons (Fsp3) is 0.250. The summed E-state index contributed by atoms with van der Waals surface area (Å²) in [6.07, 6.45) is 5.11. The molecule has 0 atom stereocenters. The van der Waals surface area contributed by atoms with Gasteiger partial charge in [0, 0.05) is 22.8 Å². The van der Waals surface area contributed by atoms with Crippen LogP contribution in [0.15, 0.2) is 23.1 Å². The van der Waals surface area contributed by atoms with Crippen molar-refractivity contribution < 1.29 is 17.6 Å². The first-order valence-corrected chi connectivity index (χ1v) is 7.58. The minimum atomic E-state index is -4.10. The summed E-state index contributed by atoms with van der Waals surface area (Å²) in [7, 11) is 1.03. The van der Waals surface area contributed by atoms with Crippen LogP contribution in [0.1, 0.15) is 17.3 Å². The van der Waals surface area contributed by atoms with E-state index in [0.717, 1.165) is 18.2 Å². The third kappa shape index (κ3) is 3.94. The Balaban J connectivity index is 3.25. The minimum Gasteiger partial charge on any atom is -0.328 e. The molecule has 0 aromatic heterocycles. The number of halogens is 2. The van der Waals surface area contributed by atoms with E-state index >= 15 is 0 Å². The Hall–Kier alpha value is -1.58. The average molecular weight is 304 g/mol. The molecule has 1 aromatic rings. The van der Waals surface area contributed by atoms with Gasteiger partial charge in [-0.05, 0) is 25.1 Å². The molecule has 0 bridgehead atoms. The SMILES string of the molecule is C#CCN(CC)C(=O)c1cc(F)cc(S(=O)(=O)Cl)c1. The molecule has 0 N–H and O–H groups in total. The van der Waals surface area contributed by atoms with Gasteiger partial charge < -0.3 is 4.90 Å². The Morgan fingerprint density at radius 3 is 2.58 bits per heavy atom. The van der Waals surface area contributed by atoms with E-state index in [9.17, 15) is 17.6 Å². The van der Waals surface area contributed by atoms with Crippen molar-refractivity contribution in [3.63, 3.8) is 0 Å². The smallest absolute Gasteiger partial charge is 0.261 e. The van der Waals surface area contributed by atoms with E-state index in [1.54, 1.807) is 6.92 Å². The van der Waals surface area contributed by atoms with Crippen LogP contribution in [-0.4, -0.2) is 32.3 Å². The first-order valence-electron chi connectivity index (χ1n) is 5.27. The van der Waals surface area contributed by atoms with Crippen LogP contribution in [0.4, 0.5) is 4.39 Å². The molecule has 1 rings (SSSR count). The van der Waals surface area contributed by atoms with Gasteiger partial charge in [0.2, 0.25) is 0 Å². The lowest BCUT2D eigenvalue weighted by Gasteiger charge is -2.18. The number of hydrogen-bond donors (Lipinski definition) is 0. The Bertz CT molecular complexity index is 637. The minimum absolute atomic E-state index is 0.0504. The zero-order valence-electron chi connectivity index (χ0n) is 10.1. The van der Waals surface area contributed by atoms with Crippen molar-refractivity contribution >= 4 is 25.6 Å². The third-order valence-electron chi connectivity index (χ3n) is 2.35. The lowest BCUT2D eigenvalue weighted by Crippen LogP contribution is -2.31. The van der Waals surface area contributed by atoms with Gasteiger partial charge in [-0.3, -0.25) is 4.79 Å². The van der Waals surface area contributed by atoms with Crippen LogP contribution in [-0.2, 0) is 9.05 Å². The van der Waals surface area contributed by atoms with Crippen LogP contribution in [0.2, 0.25) is 0 Å². The van der Waals surface area contributed by atoms with Crippen LogP contribution in [0.25, 0.3) is 0 Å². The maximum absolute atomic E-state index is 13.3. The van der Waals surface area contributed by atoms with E-state index in [-0.39, 0.29) is 12.1 Å². The first-order chi connectivity index (χ1) is 8.79. The highest BCUT2D eigenvalue weighted by molar-refractivity contribution is 8.13. The molecule has 7 heteroatoms. The van der Waals surface area contributed by atoms with E-state index in [2.05, 4.69) is 5.92 Å². The molecule has 0 spiro atoms. The fourth-order valence-electron chi connectivity index (χ4n) is 1.45. The van der Waals surface area contributed by atoms with Crippen molar-refractivity contribution in [2.45, 2.75) is 11.8 Å². The first kappa shape index (κ1) is 15.5. The summed E-state index contributed by atoms with van der Waals surface area (Å²) in [5.74, 6) is 0.882. The summed E-state index contributed by atoms with van der Waals surface area (Å²) in [5.41, 5.74) is -0.115. The number of carbonyl (C=O) groups excluding carboxylic acids is 1. The number of carbonyl (C=O) groups is 1. The molecule has 0 saturated heterocycles. The summed E-state index contributed by atoms with van der Waals surface area (Å²) < 4.78 is 35.7. The number of benzene rings is 1. The Morgan fingerprint density at radius 1 is 1.47 bits per heavy atom. The number of rotatable bonds is 4. The van der Waals surface area contributed by atoms with Crippen molar-refractivity contribution in [2.75, 3.05) is 13.1 Å². The fourth-order valence-corrected chi connectivity index (χ4v) is 2.24. The van der Waals surface area contributed by atoms with Crippen LogP contribution in [0.5, 0.6) is 0 Å². The van der Waals surface area contributed by atoms with Crippen molar-refractivity contribution in [1.29, 1.82) is 0 Å². The Labute approximate surface area is 115 Å². The van der Waals surface area contributed by atoms with Crippen LogP contribution >= 0.6 is 10.7 Å². The summed E-state index contributed by atoms with van der Waals surface area (Å²) in [6.45, 7) is 2.07. The van der Waals surface area contributed by atoms with Crippen LogP contribution < -0.4 is 0 Å². The average Bonchev–Trinajstić information content (AvgIpc) is 2.33. The van der Waals surface area contributed by atoms with E-state index in [0.29, 0.717) is 6.54 Å². The van der Waals surface area contributed by atoms with Gasteiger partial charge in [0.05, 0.1) is 11.4 Å². The second-order valence-electron chi connectivity index (χ2n) is 3.64. The van der Waals surface area contributed by atoms with Gasteiger partial charge in [-0.25, -0.2) is 12.8 Å². The largest absolute Gasteiger partial charge is 0.328 e. The predicted octanol–water partition coefficient (Wildman–Crippen LogP) is 1.85. The standard InChI is InChI=1S/C12H11ClFNO3S/c1-3-5-15(4-2)12(16)9-6-10(14)8-11(7-9)19(13,17)18/h1,6-8H,4-5H2,2H3. The Morgan fingerprint density at radius 2 is 2.11 bits per heavy atom. The zero-order valence-corrected chi connectivity index (χ0v) is 11.6. The van der Waals surface area contributed by atoms with Crippen molar-refractivity contribution in [3.8, 4) is 12.3 Å². The molecule has 0 aliphatic rings. The summed E-state index contributed by atoms with van der Waals surface area (Å²) in [5, 5.41) is 0. The topological polar surface area (TPSA) is 54.5 Å². The van der Waals surface area contributed by atoms with Crippen molar-refractivity contribution in [3.05, 3.63) is 29.6 Å². The number of amides is 1. The zero-order chi connectivity index (χ0) is 14.6. The lowest BCUT2D eigenvalue weighted by molar-refractivity contribution is 0.0784. The summed E-state index contributed by atoms with van der Waals surface area (Å²) in [6, 6.07) is 2.70. The highest BCUT2D eigenvalue weighted by Crippen LogP contribution is 2.19. The highest BCUT2D eigenvalue weighted by atomic mass is 35.7. The van der Waals surface area contributed by atoms with Crippen LogP contribution in [0.3, 0.4) is 0 Å². The third-order valence-corrected chi connectivity index (χ3v) is 3.68. The van der Waals surface area contributed by atoms with Gasteiger partial charge in [-0.15, -0.1) is 6.42 Å². The molecule has 1 aromatic carbocycles. The van der Waals surface area contributed by atoms with Gasteiger partial charge in [0.1, 0.15) is 5.82 Å². The van der Waals surface area contributed by atoms with Gasteiger partial charge in [0.15, 0.2) is 0 Å². The van der Waals surface area contributed by atoms with Crippen LogP contribution in [0, 0.1) is 18.2 Å². The molecule has 1 amide bonds. The molecule has 0 unspecified atom stereocenters. The molecular weight excluding hydrogens is 293 g/mol.